The Morgan fingerprint density at radius 3 is 2.94 bits per heavy atom. The van der Waals surface area contributed by atoms with E-state index in [0.717, 1.165) is 29.5 Å². The summed E-state index contributed by atoms with van der Waals surface area (Å²) in [6, 6.07) is 2.54. The molecule has 0 radical (unpaired) electrons. The summed E-state index contributed by atoms with van der Waals surface area (Å²) in [6.07, 6.45) is 2.01. The van der Waals surface area contributed by atoms with Crippen molar-refractivity contribution in [3.63, 3.8) is 0 Å². The van der Waals surface area contributed by atoms with Crippen LogP contribution in [0.2, 0.25) is 0 Å². The van der Waals surface area contributed by atoms with Gasteiger partial charge in [-0.3, -0.25) is 4.68 Å². The maximum absolute atomic E-state index is 4.51. The molecule has 2 heterocycles. The van der Waals surface area contributed by atoms with Gasteiger partial charge in [-0.15, -0.1) is 11.3 Å². The topological polar surface area (TPSA) is 42.7 Å². The fourth-order valence-electron chi connectivity index (χ4n) is 1.51. The number of thiazole rings is 1. The fraction of sp³-hybridized carbons (Fsp3) is 0.500. The minimum absolute atomic E-state index is 0.488. The van der Waals surface area contributed by atoms with Crippen LogP contribution < -0.4 is 5.32 Å². The lowest BCUT2D eigenvalue weighted by Gasteiger charge is -2.04. The van der Waals surface area contributed by atoms with Gasteiger partial charge in [0.15, 0.2) is 0 Å². The first-order valence-corrected chi connectivity index (χ1v) is 6.68. The molecule has 0 aliphatic heterocycles. The van der Waals surface area contributed by atoms with Gasteiger partial charge >= 0.3 is 0 Å². The molecule has 2 rings (SSSR count). The number of hydrogen-bond donors (Lipinski definition) is 1. The lowest BCUT2D eigenvalue weighted by molar-refractivity contribution is 0.570. The Labute approximate surface area is 106 Å². The molecule has 0 aliphatic carbocycles. The number of rotatable bonds is 5. The van der Waals surface area contributed by atoms with E-state index in [1.54, 1.807) is 11.3 Å². The summed E-state index contributed by atoms with van der Waals surface area (Å²) in [5.74, 6) is 0. The summed E-state index contributed by atoms with van der Waals surface area (Å²) in [4.78, 5) is 4.43. The average molecular weight is 250 g/mol. The summed E-state index contributed by atoms with van der Waals surface area (Å²) >= 11 is 1.68. The van der Waals surface area contributed by atoms with Crippen molar-refractivity contribution in [2.45, 2.75) is 39.9 Å². The van der Waals surface area contributed by atoms with E-state index in [9.17, 15) is 0 Å². The third kappa shape index (κ3) is 3.64. The Balaban J connectivity index is 1.94. The smallest absolute Gasteiger partial charge is 0.114 e. The van der Waals surface area contributed by atoms with E-state index in [1.165, 1.54) is 0 Å². The van der Waals surface area contributed by atoms with E-state index in [1.807, 2.05) is 17.8 Å². The van der Waals surface area contributed by atoms with Crippen molar-refractivity contribution < 1.29 is 0 Å². The van der Waals surface area contributed by atoms with Crippen molar-refractivity contribution in [2.75, 3.05) is 0 Å². The summed E-state index contributed by atoms with van der Waals surface area (Å²) in [7, 11) is 0. The Hall–Kier alpha value is -1.20. The first-order chi connectivity index (χ1) is 8.13. The molecule has 2 aromatic rings. The van der Waals surface area contributed by atoms with Crippen LogP contribution >= 0.6 is 11.3 Å². The van der Waals surface area contributed by atoms with Crippen molar-refractivity contribution in [3.05, 3.63) is 34.0 Å². The molecule has 0 aromatic carbocycles. The van der Waals surface area contributed by atoms with Crippen LogP contribution in [0.3, 0.4) is 0 Å². The minimum atomic E-state index is 0.488. The SMILES string of the molecule is Cc1csc(Cn2ccc(CNC(C)C)n2)n1. The van der Waals surface area contributed by atoms with Gasteiger partial charge < -0.3 is 5.32 Å². The van der Waals surface area contributed by atoms with Crippen LogP contribution in [-0.2, 0) is 13.1 Å². The zero-order chi connectivity index (χ0) is 12.3. The molecule has 0 aliphatic rings. The van der Waals surface area contributed by atoms with E-state index < -0.39 is 0 Å². The number of aryl methyl sites for hydroxylation is 1. The average Bonchev–Trinajstić information content (AvgIpc) is 2.86. The van der Waals surface area contributed by atoms with Crippen LogP contribution in [0.25, 0.3) is 0 Å². The van der Waals surface area contributed by atoms with Crippen molar-refractivity contribution in [2.24, 2.45) is 0 Å². The van der Waals surface area contributed by atoms with Crippen molar-refractivity contribution in [1.29, 1.82) is 0 Å². The van der Waals surface area contributed by atoms with Gasteiger partial charge in [-0.1, -0.05) is 13.8 Å². The lowest BCUT2D eigenvalue weighted by Crippen LogP contribution is -2.22. The molecule has 0 saturated heterocycles. The standard InChI is InChI=1S/C12H18N4S/c1-9(2)13-6-11-4-5-16(15-11)7-12-14-10(3)8-17-12/h4-5,8-9,13H,6-7H2,1-3H3. The van der Waals surface area contributed by atoms with Gasteiger partial charge in [-0.05, 0) is 13.0 Å². The van der Waals surface area contributed by atoms with Gasteiger partial charge in [0.25, 0.3) is 0 Å². The molecule has 0 saturated carbocycles. The second-order valence-electron chi connectivity index (χ2n) is 4.42. The number of aromatic nitrogens is 3. The summed E-state index contributed by atoms with van der Waals surface area (Å²) in [5, 5.41) is 11.0. The molecule has 4 nitrogen and oxygen atoms in total. The third-order valence-corrected chi connectivity index (χ3v) is 3.30. The summed E-state index contributed by atoms with van der Waals surface area (Å²) < 4.78 is 1.94. The van der Waals surface area contributed by atoms with Gasteiger partial charge in [0.1, 0.15) is 5.01 Å². The van der Waals surface area contributed by atoms with Crippen molar-refractivity contribution in [3.8, 4) is 0 Å². The van der Waals surface area contributed by atoms with Gasteiger partial charge in [0.2, 0.25) is 0 Å². The molecule has 92 valence electrons. The van der Waals surface area contributed by atoms with Crippen LogP contribution in [0, 0.1) is 6.92 Å². The molecule has 0 atom stereocenters. The molecule has 0 bridgehead atoms. The molecular formula is C12H18N4S. The highest BCUT2D eigenvalue weighted by atomic mass is 32.1. The molecular weight excluding hydrogens is 232 g/mol. The van der Waals surface area contributed by atoms with Crippen LogP contribution in [-0.4, -0.2) is 20.8 Å². The van der Waals surface area contributed by atoms with E-state index in [2.05, 4.69) is 40.7 Å². The first kappa shape index (κ1) is 12.3. The maximum Gasteiger partial charge on any atom is 0.114 e. The molecule has 2 aromatic heterocycles. The van der Waals surface area contributed by atoms with Crippen LogP contribution in [0.4, 0.5) is 0 Å². The zero-order valence-corrected chi connectivity index (χ0v) is 11.3. The van der Waals surface area contributed by atoms with E-state index >= 15 is 0 Å². The Bertz CT molecular complexity index is 472. The molecule has 0 spiro atoms. The lowest BCUT2D eigenvalue weighted by atomic mass is 10.3. The second-order valence-corrected chi connectivity index (χ2v) is 5.37. The van der Waals surface area contributed by atoms with Gasteiger partial charge in [0, 0.05) is 29.9 Å². The fourth-order valence-corrected chi connectivity index (χ4v) is 2.27. The molecule has 0 amide bonds. The van der Waals surface area contributed by atoms with E-state index in [0.29, 0.717) is 6.04 Å². The van der Waals surface area contributed by atoms with E-state index in [4.69, 9.17) is 0 Å². The second kappa shape index (κ2) is 5.42. The Kier molecular flexibility index (Phi) is 3.91. The van der Waals surface area contributed by atoms with Crippen LogP contribution in [0.5, 0.6) is 0 Å². The summed E-state index contributed by atoms with van der Waals surface area (Å²) in [5.41, 5.74) is 2.16. The Morgan fingerprint density at radius 2 is 2.29 bits per heavy atom. The highest BCUT2D eigenvalue weighted by Crippen LogP contribution is 2.10. The quantitative estimate of drug-likeness (QED) is 0.884. The van der Waals surface area contributed by atoms with Crippen LogP contribution in [0.15, 0.2) is 17.6 Å². The monoisotopic (exact) mass is 250 g/mol. The highest BCUT2D eigenvalue weighted by molar-refractivity contribution is 7.09. The normalized spacial score (nSPS) is 11.3. The molecule has 0 unspecified atom stereocenters. The van der Waals surface area contributed by atoms with Gasteiger partial charge in [0.05, 0.1) is 12.2 Å². The first-order valence-electron chi connectivity index (χ1n) is 5.80. The third-order valence-electron chi connectivity index (χ3n) is 2.35. The number of hydrogen-bond acceptors (Lipinski definition) is 4. The number of nitrogens with zero attached hydrogens (tertiary/aromatic N) is 3. The van der Waals surface area contributed by atoms with E-state index in [-0.39, 0.29) is 0 Å². The van der Waals surface area contributed by atoms with Gasteiger partial charge in [-0.25, -0.2) is 4.98 Å². The van der Waals surface area contributed by atoms with Crippen LogP contribution in [0.1, 0.15) is 30.2 Å². The minimum Gasteiger partial charge on any atom is -0.309 e. The maximum atomic E-state index is 4.51. The van der Waals surface area contributed by atoms with Gasteiger partial charge in [-0.2, -0.15) is 5.10 Å². The summed E-state index contributed by atoms with van der Waals surface area (Å²) in [6.45, 7) is 7.87. The predicted molar refractivity (Wildman–Crippen MR) is 70.2 cm³/mol. The highest BCUT2D eigenvalue weighted by Gasteiger charge is 2.03. The molecule has 5 heteroatoms. The molecule has 0 fully saturated rings. The zero-order valence-electron chi connectivity index (χ0n) is 10.5. The molecule has 17 heavy (non-hydrogen) atoms. The largest absolute Gasteiger partial charge is 0.309 e. The van der Waals surface area contributed by atoms with Crippen molar-refractivity contribution >= 4 is 11.3 Å². The van der Waals surface area contributed by atoms with Crippen molar-refractivity contribution in [1.82, 2.24) is 20.1 Å². The Morgan fingerprint density at radius 1 is 1.47 bits per heavy atom. The molecule has 1 N–H and O–H groups in total. The predicted octanol–water partition coefficient (Wildman–Crippen LogP) is 2.19. The number of nitrogens with one attached hydrogen (secondary N) is 1.